The van der Waals surface area contributed by atoms with E-state index in [1.165, 1.54) is 32.2 Å². The Morgan fingerprint density at radius 2 is 2.12 bits per heavy atom. The summed E-state index contributed by atoms with van der Waals surface area (Å²) in [5.74, 6) is -0.826. The van der Waals surface area contributed by atoms with E-state index in [2.05, 4.69) is 4.74 Å². The molecule has 0 heterocycles. The number of esters is 1. The summed E-state index contributed by atoms with van der Waals surface area (Å²) in [6, 6.07) is 6.23. The average Bonchev–Trinajstić information content (AvgIpc) is 2.35. The van der Waals surface area contributed by atoms with Gasteiger partial charge in [-0.2, -0.15) is 5.26 Å². The van der Waals surface area contributed by atoms with Gasteiger partial charge in [-0.05, 0) is 30.7 Å². The van der Waals surface area contributed by atoms with Gasteiger partial charge in [-0.3, -0.25) is 4.79 Å². The summed E-state index contributed by atoms with van der Waals surface area (Å²) >= 11 is 5.89. The lowest BCUT2D eigenvalue weighted by atomic mass is 10.00. The van der Waals surface area contributed by atoms with Gasteiger partial charge in [0.1, 0.15) is 5.38 Å². The van der Waals surface area contributed by atoms with Crippen molar-refractivity contribution in [2.24, 2.45) is 0 Å². The Balaban J connectivity index is 3.30. The number of ketones is 1. The first-order valence-electron chi connectivity index (χ1n) is 4.78. The van der Waals surface area contributed by atoms with Crippen LogP contribution in [0.1, 0.15) is 33.8 Å². The van der Waals surface area contributed by atoms with Gasteiger partial charge in [0.2, 0.25) is 0 Å². The molecular formula is C12H10ClNO3. The first-order chi connectivity index (χ1) is 8.01. The van der Waals surface area contributed by atoms with E-state index in [0.717, 1.165) is 0 Å². The van der Waals surface area contributed by atoms with Crippen LogP contribution in [0.25, 0.3) is 0 Å². The summed E-state index contributed by atoms with van der Waals surface area (Å²) in [5.41, 5.74) is 0.853. The lowest BCUT2D eigenvalue weighted by molar-refractivity contribution is -0.116. The monoisotopic (exact) mass is 251 g/mol. The molecule has 88 valence electrons. The van der Waals surface area contributed by atoms with Crippen LogP contribution in [0.3, 0.4) is 0 Å². The fourth-order valence-corrected chi connectivity index (χ4v) is 1.52. The van der Waals surface area contributed by atoms with Crippen LogP contribution < -0.4 is 0 Å². The van der Waals surface area contributed by atoms with E-state index in [1.54, 1.807) is 0 Å². The number of hydrogen-bond donors (Lipinski definition) is 0. The molecular weight excluding hydrogens is 242 g/mol. The molecule has 17 heavy (non-hydrogen) atoms. The third-order valence-electron chi connectivity index (χ3n) is 2.22. The van der Waals surface area contributed by atoms with Gasteiger partial charge in [-0.1, -0.05) is 0 Å². The summed E-state index contributed by atoms with van der Waals surface area (Å²) in [6.45, 7) is 1.32. The first-order valence-corrected chi connectivity index (χ1v) is 5.21. The van der Waals surface area contributed by atoms with Crippen molar-refractivity contribution >= 4 is 23.4 Å². The number of methoxy groups -OCH3 is 1. The van der Waals surface area contributed by atoms with Crippen LogP contribution >= 0.6 is 11.6 Å². The second kappa shape index (κ2) is 5.46. The van der Waals surface area contributed by atoms with E-state index in [4.69, 9.17) is 16.9 Å². The number of alkyl halides is 1. The van der Waals surface area contributed by atoms with Crippen molar-refractivity contribution in [2.45, 2.75) is 12.3 Å². The largest absolute Gasteiger partial charge is 0.465 e. The number of ether oxygens (including phenoxy) is 1. The molecule has 0 radical (unpaired) electrons. The number of rotatable bonds is 3. The van der Waals surface area contributed by atoms with Crippen molar-refractivity contribution in [3.05, 3.63) is 34.9 Å². The lowest BCUT2D eigenvalue weighted by Gasteiger charge is -2.09. The smallest absolute Gasteiger partial charge is 0.337 e. The third kappa shape index (κ3) is 2.83. The van der Waals surface area contributed by atoms with Crippen LogP contribution in [-0.4, -0.2) is 18.9 Å². The molecule has 0 fully saturated rings. The number of carbonyl (C=O) groups excluding carboxylic acids is 2. The van der Waals surface area contributed by atoms with Crippen molar-refractivity contribution in [1.29, 1.82) is 5.26 Å². The van der Waals surface area contributed by atoms with Crippen molar-refractivity contribution in [3.8, 4) is 6.07 Å². The molecule has 0 aliphatic carbocycles. The van der Waals surface area contributed by atoms with Gasteiger partial charge in [0.15, 0.2) is 5.78 Å². The van der Waals surface area contributed by atoms with Gasteiger partial charge in [-0.25, -0.2) is 4.79 Å². The van der Waals surface area contributed by atoms with Crippen molar-refractivity contribution in [3.63, 3.8) is 0 Å². The molecule has 5 heteroatoms. The molecule has 0 aliphatic rings. The molecule has 1 unspecified atom stereocenters. The summed E-state index contributed by atoms with van der Waals surface area (Å²) in [7, 11) is 1.25. The zero-order valence-electron chi connectivity index (χ0n) is 9.36. The second-order valence-corrected chi connectivity index (χ2v) is 3.82. The summed E-state index contributed by atoms with van der Waals surface area (Å²) < 4.78 is 4.56. The number of hydrogen-bond acceptors (Lipinski definition) is 4. The molecule has 0 amide bonds. The average molecular weight is 252 g/mol. The van der Waals surface area contributed by atoms with E-state index in [-0.39, 0.29) is 16.9 Å². The highest BCUT2D eigenvalue weighted by Gasteiger charge is 2.19. The van der Waals surface area contributed by atoms with Gasteiger partial charge in [0.05, 0.1) is 24.3 Å². The number of carbonyl (C=O) groups is 2. The molecule has 0 aliphatic heterocycles. The quantitative estimate of drug-likeness (QED) is 0.610. The molecule has 0 saturated heterocycles. The maximum absolute atomic E-state index is 11.3. The predicted octanol–water partition coefficient (Wildman–Crippen LogP) is 2.21. The van der Waals surface area contributed by atoms with Gasteiger partial charge >= 0.3 is 5.97 Å². The minimum Gasteiger partial charge on any atom is -0.465 e. The Morgan fingerprint density at radius 1 is 1.47 bits per heavy atom. The highest BCUT2D eigenvalue weighted by molar-refractivity contribution is 6.31. The molecule has 1 aromatic rings. The second-order valence-electron chi connectivity index (χ2n) is 3.38. The highest BCUT2D eigenvalue weighted by Crippen LogP contribution is 2.26. The number of nitriles is 1. The highest BCUT2D eigenvalue weighted by atomic mass is 35.5. The Bertz CT molecular complexity index is 505. The van der Waals surface area contributed by atoms with Crippen LogP contribution in [0, 0.1) is 11.3 Å². The summed E-state index contributed by atoms with van der Waals surface area (Å²) in [4.78, 5) is 22.5. The Kier molecular flexibility index (Phi) is 4.24. The summed E-state index contributed by atoms with van der Waals surface area (Å²) in [6.07, 6.45) is 0. The van der Waals surface area contributed by atoms with Gasteiger partial charge in [-0.15, -0.1) is 11.6 Å². The summed E-state index contributed by atoms with van der Waals surface area (Å²) in [5, 5.41) is 7.96. The van der Waals surface area contributed by atoms with Crippen LogP contribution in [0.2, 0.25) is 0 Å². The SMILES string of the molecule is COC(=O)c1ccc(C#N)c(C(Cl)C(C)=O)c1. The minimum atomic E-state index is -0.936. The maximum atomic E-state index is 11.3. The molecule has 0 N–H and O–H groups in total. The number of benzene rings is 1. The number of nitrogens with zero attached hydrogens (tertiary/aromatic N) is 1. The van der Waals surface area contributed by atoms with Crippen LogP contribution in [-0.2, 0) is 9.53 Å². The van der Waals surface area contributed by atoms with Crippen LogP contribution in [0.4, 0.5) is 0 Å². The molecule has 1 atom stereocenters. The molecule has 1 rings (SSSR count). The molecule has 0 spiro atoms. The van der Waals surface area contributed by atoms with Crippen molar-refractivity contribution in [1.82, 2.24) is 0 Å². The zero-order chi connectivity index (χ0) is 13.0. The Hall–Kier alpha value is -1.86. The Labute approximate surface area is 104 Å². The van der Waals surface area contributed by atoms with Gasteiger partial charge in [0.25, 0.3) is 0 Å². The molecule has 1 aromatic carbocycles. The van der Waals surface area contributed by atoms with Crippen molar-refractivity contribution < 1.29 is 14.3 Å². The van der Waals surface area contributed by atoms with Crippen LogP contribution in [0.15, 0.2) is 18.2 Å². The van der Waals surface area contributed by atoms with Crippen molar-refractivity contribution in [2.75, 3.05) is 7.11 Å². The standard InChI is InChI=1S/C12H10ClNO3/c1-7(15)11(13)10-5-8(12(16)17-2)3-4-9(10)6-14/h3-5,11H,1-2H3. The Morgan fingerprint density at radius 3 is 2.59 bits per heavy atom. The van der Waals surface area contributed by atoms with E-state index >= 15 is 0 Å². The predicted molar refractivity (Wildman–Crippen MR) is 61.8 cm³/mol. The fraction of sp³-hybridized carbons (Fsp3) is 0.250. The molecule has 0 aromatic heterocycles. The molecule has 4 nitrogen and oxygen atoms in total. The zero-order valence-corrected chi connectivity index (χ0v) is 10.1. The number of halogens is 1. The third-order valence-corrected chi connectivity index (χ3v) is 2.77. The normalized spacial score (nSPS) is 11.4. The minimum absolute atomic E-state index is 0.258. The van der Waals surface area contributed by atoms with Crippen LogP contribution in [0.5, 0.6) is 0 Å². The van der Waals surface area contributed by atoms with E-state index in [1.807, 2.05) is 6.07 Å². The van der Waals surface area contributed by atoms with Gasteiger partial charge < -0.3 is 4.74 Å². The lowest BCUT2D eigenvalue weighted by Crippen LogP contribution is -2.07. The molecule has 0 saturated carbocycles. The first kappa shape index (κ1) is 13.2. The van der Waals surface area contributed by atoms with E-state index in [0.29, 0.717) is 5.56 Å². The maximum Gasteiger partial charge on any atom is 0.337 e. The van der Waals surface area contributed by atoms with E-state index in [9.17, 15) is 9.59 Å². The number of Topliss-reactive ketones (excluding diaryl/α,β-unsaturated/α-hetero) is 1. The molecule has 0 bridgehead atoms. The van der Waals surface area contributed by atoms with E-state index < -0.39 is 11.3 Å². The topological polar surface area (TPSA) is 67.2 Å². The fourth-order valence-electron chi connectivity index (χ4n) is 1.34. The van der Waals surface area contributed by atoms with Gasteiger partial charge in [0, 0.05) is 0 Å².